The molecule has 7 nitrogen and oxygen atoms in total. The van der Waals surface area contributed by atoms with Gasteiger partial charge in [-0.25, -0.2) is 4.98 Å². The van der Waals surface area contributed by atoms with Crippen LogP contribution in [0.4, 0.5) is 5.00 Å². The number of rotatable bonds is 6. The van der Waals surface area contributed by atoms with E-state index < -0.39 is 4.92 Å². The second-order valence-electron chi connectivity index (χ2n) is 4.97. The molecule has 0 aliphatic carbocycles. The van der Waals surface area contributed by atoms with Crippen molar-refractivity contribution < 1.29 is 9.72 Å². The lowest BCUT2D eigenvalue weighted by Gasteiger charge is -2.05. The highest BCUT2D eigenvalue weighted by Crippen LogP contribution is 2.22. The smallest absolute Gasteiger partial charge is 0.324 e. The Bertz CT molecular complexity index is 855. The minimum Gasteiger partial charge on any atom is -0.352 e. The van der Waals surface area contributed by atoms with Crippen LogP contribution in [0.5, 0.6) is 0 Å². The van der Waals surface area contributed by atoms with Gasteiger partial charge in [0, 0.05) is 24.5 Å². The molecule has 0 radical (unpaired) electrons. The molecular formula is C15H14N4O3S. The number of fused-ring (bicyclic) bond motifs is 1. The summed E-state index contributed by atoms with van der Waals surface area (Å²) in [6.07, 6.45) is 2.53. The van der Waals surface area contributed by atoms with Crippen molar-refractivity contribution in [2.45, 2.75) is 13.0 Å². The zero-order valence-electron chi connectivity index (χ0n) is 12.1. The molecule has 1 amide bonds. The third-order valence-electron chi connectivity index (χ3n) is 3.42. The van der Waals surface area contributed by atoms with E-state index in [1.807, 2.05) is 28.8 Å². The lowest BCUT2D eigenvalue weighted by atomic mass is 10.3. The molecule has 118 valence electrons. The Labute approximate surface area is 135 Å². The largest absolute Gasteiger partial charge is 0.352 e. The standard InChI is InChI=1S/C15H14N4O3S/c20-15(11-8-14(19(21)22)23-9-11)16-6-3-7-18-10-17-12-4-1-2-5-13(12)18/h1-2,4-5,8-10H,3,6-7H2,(H,16,20). The second-order valence-corrected chi connectivity index (χ2v) is 5.86. The predicted molar refractivity (Wildman–Crippen MR) is 87.7 cm³/mol. The third-order valence-corrected chi connectivity index (χ3v) is 4.30. The summed E-state index contributed by atoms with van der Waals surface area (Å²) in [7, 11) is 0. The fourth-order valence-corrected chi connectivity index (χ4v) is 2.99. The fraction of sp³-hybridized carbons (Fsp3) is 0.200. The van der Waals surface area contributed by atoms with E-state index in [9.17, 15) is 14.9 Å². The highest BCUT2D eigenvalue weighted by Gasteiger charge is 2.14. The predicted octanol–water partition coefficient (Wildman–Crippen LogP) is 2.83. The van der Waals surface area contributed by atoms with Crippen LogP contribution in [0.25, 0.3) is 11.0 Å². The Morgan fingerprint density at radius 3 is 3.00 bits per heavy atom. The topological polar surface area (TPSA) is 90.1 Å². The van der Waals surface area contributed by atoms with Gasteiger partial charge in [0.05, 0.1) is 27.8 Å². The van der Waals surface area contributed by atoms with Gasteiger partial charge in [0.25, 0.3) is 5.91 Å². The van der Waals surface area contributed by atoms with Crippen LogP contribution in [-0.2, 0) is 6.54 Å². The lowest BCUT2D eigenvalue weighted by molar-refractivity contribution is -0.380. The van der Waals surface area contributed by atoms with Crippen molar-refractivity contribution in [1.29, 1.82) is 0 Å². The van der Waals surface area contributed by atoms with Crippen LogP contribution in [0, 0.1) is 10.1 Å². The van der Waals surface area contributed by atoms with Crippen molar-refractivity contribution in [3.8, 4) is 0 Å². The molecule has 2 heterocycles. The van der Waals surface area contributed by atoms with E-state index in [1.54, 1.807) is 6.33 Å². The number of hydrogen-bond acceptors (Lipinski definition) is 5. The van der Waals surface area contributed by atoms with Gasteiger partial charge in [-0.2, -0.15) is 0 Å². The number of nitrogens with zero attached hydrogens (tertiary/aromatic N) is 3. The summed E-state index contributed by atoms with van der Waals surface area (Å²) in [5, 5.41) is 14.9. The quantitative estimate of drug-likeness (QED) is 0.427. The zero-order valence-corrected chi connectivity index (χ0v) is 13.0. The average molecular weight is 330 g/mol. The fourth-order valence-electron chi connectivity index (χ4n) is 2.28. The summed E-state index contributed by atoms with van der Waals surface area (Å²) in [6.45, 7) is 1.24. The number of carbonyl (C=O) groups is 1. The number of aromatic nitrogens is 2. The molecule has 0 saturated carbocycles. The molecule has 3 aromatic rings. The van der Waals surface area contributed by atoms with E-state index in [0.717, 1.165) is 35.3 Å². The first-order valence-electron chi connectivity index (χ1n) is 7.06. The summed E-state index contributed by atoms with van der Waals surface area (Å²) in [5.74, 6) is -0.287. The van der Waals surface area contributed by atoms with Crippen LogP contribution in [0.3, 0.4) is 0 Å². The van der Waals surface area contributed by atoms with Gasteiger partial charge in [-0.1, -0.05) is 23.5 Å². The lowest BCUT2D eigenvalue weighted by Crippen LogP contribution is -2.24. The first-order valence-corrected chi connectivity index (χ1v) is 7.94. The van der Waals surface area contributed by atoms with Crippen molar-refractivity contribution in [2.24, 2.45) is 0 Å². The highest BCUT2D eigenvalue weighted by atomic mass is 32.1. The summed E-state index contributed by atoms with van der Waals surface area (Å²) >= 11 is 0.952. The van der Waals surface area contributed by atoms with Crippen molar-refractivity contribution in [1.82, 2.24) is 14.9 Å². The molecule has 0 aliphatic rings. The van der Waals surface area contributed by atoms with Gasteiger partial charge >= 0.3 is 5.00 Å². The van der Waals surface area contributed by atoms with Crippen molar-refractivity contribution >= 4 is 33.3 Å². The molecule has 0 aliphatic heterocycles. The van der Waals surface area contributed by atoms with Crippen molar-refractivity contribution in [2.75, 3.05) is 6.54 Å². The van der Waals surface area contributed by atoms with Crippen molar-refractivity contribution in [3.05, 3.63) is 57.7 Å². The van der Waals surface area contributed by atoms with Gasteiger partial charge in [0.2, 0.25) is 0 Å². The van der Waals surface area contributed by atoms with Gasteiger partial charge in [0.1, 0.15) is 0 Å². The Hall–Kier alpha value is -2.74. The number of hydrogen-bond donors (Lipinski definition) is 1. The maximum atomic E-state index is 11.9. The number of aryl methyl sites for hydroxylation is 1. The second kappa shape index (κ2) is 6.57. The number of para-hydroxylation sites is 2. The molecule has 23 heavy (non-hydrogen) atoms. The number of amides is 1. The Morgan fingerprint density at radius 2 is 2.22 bits per heavy atom. The van der Waals surface area contributed by atoms with Crippen LogP contribution in [0.2, 0.25) is 0 Å². The Kier molecular flexibility index (Phi) is 4.33. The molecule has 0 unspecified atom stereocenters. The number of imidazole rings is 1. The normalized spacial score (nSPS) is 10.8. The van der Waals surface area contributed by atoms with Crippen LogP contribution < -0.4 is 5.32 Å². The van der Waals surface area contributed by atoms with Crippen molar-refractivity contribution in [3.63, 3.8) is 0 Å². The number of nitrogens with one attached hydrogen (secondary N) is 1. The minimum absolute atomic E-state index is 0.0277. The van der Waals surface area contributed by atoms with Gasteiger partial charge in [-0.15, -0.1) is 0 Å². The van der Waals surface area contributed by atoms with E-state index in [0.29, 0.717) is 12.1 Å². The molecule has 0 spiro atoms. The zero-order chi connectivity index (χ0) is 16.2. The molecule has 1 aromatic carbocycles. The van der Waals surface area contributed by atoms with E-state index >= 15 is 0 Å². The molecule has 3 rings (SSSR count). The highest BCUT2D eigenvalue weighted by molar-refractivity contribution is 7.13. The Morgan fingerprint density at radius 1 is 1.39 bits per heavy atom. The number of thiophene rings is 1. The molecule has 1 N–H and O–H groups in total. The van der Waals surface area contributed by atoms with Crippen LogP contribution >= 0.6 is 11.3 Å². The van der Waals surface area contributed by atoms with Gasteiger partial charge in [-0.05, 0) is 18.6 Å². The molecule has 0 bridgehead atoms. The van der Waals surface area contributed by atoms with E-state index in [-0.39, 0.29) is 10.9 Å². The maximum absolute atomic E-state index is 11.9. The summed E-state index contributed by atoms with van der Waals surface area (Å²) in [6, 6.07) is 9.16. The van der Waals surface area contributed by atoms with Crippen LogP contribution in [-0.4, -0.2) is 26.9 Å². The first kappa shape index (κ1) is 15.2. The molecular weight excluding hydrogens is 316 g/mol. The summed E-state index contributed by atoms with van der Waals surface area (Å²) < 4.78 is 2.04. The SMILES string of the molecule is O=C(NCCCn1cnc2ccccc21)c1csc([N+](=O)[O-])c1. The monoisotopic (exact) mass is 330 g/mol. The van der Waals surface area contributed by atoms with E-state index in [2.05, 4.69) is 10.3 Å². The average Bonchev–Trinajstić information content (AvgIpc) is 3.19. The third kappa shape index (κ3) is 3.37. The number of carbonyl (C=O) groups excluding carboxylic acids is 1. The summed E-state index contributed by atoms with van der Waals surface area (Å²) in [5.41, 5.74) is 2.34. The van der Waals surface area contributed by atoms with Crippen LogP contribution in [0.15, 0.2) is 42.0 Å². The molecule has 2 aromatic heterocycles. The molecule has 0 saturated heterocycles. The van der Waals surface area contributed by atoms with E-state index in [4.69, 9.17) is 0 Å². The van der Waals surface area contributed by atoms with Gasteiger partial charge in [-0.3, -0.25) is 14.9 Å². The molecule has 0 atom stereocenters. The van der Waals surface area contributed by atoms with Crippen LogP contribution in [0.1, 0.15) is 16.8 Å². The number of benzene rings is 1. The first-order chi connectivity index (χ1) is 11.1. The van der Waals surface area contributed by atoms with E-state index in [1.165, 1.54) is 11.4 Å². The minimum atomic E-state index is -0.494. The van der Waals surface area contributed by atoms with Gasteiger partial charge < -0.3 is 9.88 Å². The molecule has 0 fully saturated rings. The molecule has 8 heteroatoms. The Balaban J connectivity index is 1.51. The maximum Gasteiger partial charge on any atom is 0.324 e. The number of nitro groups is 1. The summed E-state index contributed by atoms with van der Waals surface area (Å²) in [4.78, 5) is 26.3. The van der Waals surface area contributed by atoms with Gasteiger partial charge in [0.15, 0.2) is 0 Å².